The molecule has 1 N–H and O–H groups in total. The van der Waals surface area contributed by atoms with Crippen LogP contribution in [0.2, 0.25) is 0 Å². The van der Waals surface area contributed by atoms with Crippen LogP contribution in [0.25, 0.3) is 11.1 Å². The number of halogens is 3. The second kappa shape index (κ2) is 5.47. The predicted molar refractivity (Wildman–Crippen MR) is 70.4 cm³/mol. The van der Waals surface area contributed by atoms with Crippen LogP contribution in [-0.4, -0.2) is 18.2 Å². The van der Waals surface area contributed by atoms with Gasteiger partial charge in [0.15, 0.2) is 0 Å². The van der Waals surface area contributed by atoms with Crippen molar-refractivity contribution in [1.29, 1.82) is 0 Å². The van der Waals surface area contributed by atoms with Crippen LogP contribution in [-0.2, 0) is 6.18 Å². The largest absolute Gasteiger partial charge is 0.496 e. The fourth-order valence-electron chi connectivity index (χ4n) is 1.94. The van der Waals surface area contributed by atoms with Gasteiger partial charge in [0.2, 0.25) is 0 Å². The van der Waals surface area contributed by atoms with Gasteiger partial charge in [-0.05, 0) is 35.4 Å². The topological polar surface area (TPSA) is 46.5 Å². The molecule has 0 heterocycles. The van der Waals surface area contributed by atoms with E-state index in [1.54, 1.807) is 6.07 Å². The first-order chi connectivity index (χ1) is 9.82. The zero-order valence-corrected chi connectivity index (χ0v) is 10.9. The molecule has 2 aromatic rings. The lowest BCUT2D eigenvalue weighted by Gasteiger charge is -2.13. The third kappa shape index (κ3) is 3.16. The van der Waals surface area contributed by atoms with Crippen molar-refractivity contribution in [3.8, 4) is 16.9 Å². The number of carboxylic acid groups (broad SMARTS) is 1. The van der Waals surface area contributed by atoms with Gasteiger partial charge >= 0.3 is 12.1 Å². The van der Waals surface area contributed by atoms with Gasteiger partial charge in [-0.3, -0.25) is 0 Å². The van der Waals surface area contributed by atoms with Gasteiger partial charge in [-0.1, -0.05) is 18.2 Å². The second-order valence-electron chi connectivity index (χ2n) is 4.30. The van der Waals surface area contributed by atoms with Crippen molar-refractivity contribution in [3.63, 3.8) is 0 Å². The highest BCUT2D eigenvalue weighted by atomic mass is 19.4. The van der Waals surface area contributed by atoms with Crippen molar-refractivity contribution >= 4 is 5.97 Å². The summed E-state index contributed by atoms with van der Waals surface area (Å²) in [7, 11) is 1.16. The van der Waals surface area contributed by atoms with Crippen LogP contribution in [0.4, 0.5) is 13.2 Å². The number of methoxy groups -OCH3 is 1. The molecule has 0 amide bonds. The van der Waals surface area contributed by atoms with E-state index in [0.29, 0.717) is 5.56 Å². The number of carboxylic acids is 1. The fraction of sp³-hybridized carbons (Fsp3) is 0.133. The van der Waals surface area contributed by atoms with Crippen LogP contribution in [0, 0.1) is 0 Å². The quantitative estimate of drug-likeness (QED) is 0.928. The molecule has 0 aliphatic carbocycles. The van der Waals surface area contributed by atoms with Crippen LogP contribution >= 0.6 is 0 Å². The van der Waals surface area contributed by atoms with E-state index in [4.69, 9.17) is 9.84 Å². The highest BCUT2D eigenvalue weighted by Crippen LogP contribution is 2.38. The molecule has 0 saturated carbocycles. The Balaban J connectivity index is 2.55. The Bertz CT molecular complexity index is 678. The number of ether oxygens (including phenoxy) is 1. The van der Waals surface area contributed by atoms with Crippen LogP contribution < -0.4 is 4.74 Å². The average molecular weight is 296 g/mol. The molecule has 0 aliphatic heterocycles. The molecule has 2 aromatic carbocycles. The molecule has 0 atom stereocenters. The summed E-state index contributed by atoms with van der Waals surface area (Å²) in [5.74, 6) is -1.41. The maximum Gasteiger partial charge on any atom is 0.419 e. The fourth-order valence-corrected chi connectivity index (χ4v) is 1.94. The number of hydrogen-bond donors (Lipinski definition) is 1. The predicted octanol–water partition coefficient (Wildman–Crippen LogP) is 4.08. The molecule has 0 saturated heterocycles. The Morgan fingerprint density at radius 2 is 1.76 bits per heavy atom. The lowest BCUT2D eigenvalue weighted by Crippen LogP contribution is -2.07. The Kier molecular flexibility index (Phi) is 3.88. The average Bonchev–Trinajstić information content (AvgIpc) is 2.45. The summed E-state index contributed by atoms with van der Waals surface area (Å²) >= 11 is 0. The van der Waals surface area contributed by atoms with E-state index < -0.39 is 17.7 Å². The molecule has 6 heteroatoms. The molecule has 0 aliphatic rings. The molecule has 0 spiro atoms. The standard InChI is InChI=1S/C15H11F3O3/c1-21-13-6-5-10(8-12(13)15(16,17)18)9-3-2-4-11(7-9)14(19)20/h2-8H,1H3,(H,19,20). The minimum atomic E-state index is -4.55. The lowest BCUT2D eigenvalue weighted by atomic mass is 10.0. The van der Waals surface area contributed by atoms with Gasteiger partial charge < -0.3 is 9.84 Å². The summed E-state index contributed by atoms with van der Waals surface area (Å²) in [4.78, 5) is 10.9. The maximum atomic E-state index is 13.0. The number of hydrogen-bond acceptors (Lipinski definition) is 2. The van der Waals surface area contributed by atoms with Gasteiger partial charge in [-0.15, -0.1) is 0 Å². The van der Waals surface area contributed by atoms with E-state index in [9.17, 15) is 18.0 Å². The zero-order chi connectivity index (χ0) is 15.6. The van der Waals surface area contributed by atoms with E-state index in [1.807, 2.05) is 0 Å². The van der Waals surface area contributed by atoms with Crippen molar-refractivity contribution in [3.05, 3.63) is 53.6 Å². The molecule has 0 unspecified atom stereocenters. The van der Waals surface area contributed by atoms with E-state index in [-0.39, 0.29) is 16.9 Å². The second-order valence-corrected chi connectivity index (χ2v) is 4.30. The summed E-state index contributed by atoms with van der Waals surface area (Å²) in [5, 5.41) is 8.92. The number of carbonyl (C=O) groups is 1. The molecule has 0 radical (unpaired) electrons. The van der Waals surface area contributed by atoms with Gasteiger partial charge in [-0.25, -0.2) is 4.79 Å². The number of rotatable bonds is 3. The monoisotopic (exact) mass is 296 g/mol. The molecule has 0 fully saturated rings. The highest BCUT2D eigenvalue weighted by molar-refractivity contribution is 5.89. The molecule has 21 heavy (non-hydrogen) atoms. The maximum absolute atomic E-state index is 13.0. The molecule has 3 nitrogen and oxygen atoms in total. The lowest BCUT2D eigenvalue weighted by molar-refractivity contribution is -0.138. The van der Waals surface area contributed by atoms with Crippen LogP contribution in [0.5, 0.6) is 5.75 Å². The third-order valence-electron chi connectivity index (χ3n) is 2.95. The molecule has 2 rings (SSSR count). The summed E-state index contributed by atoms with van der Waals surface area (Å²) in [6.45, 7) is 0. The minimum absolute atomic E-state index is 0.0110. The SMILES string of the molecule is COc1ccc(-c2cccc(C(=O)O)c2)cc1C(F)(F)F. The normalized spacial score (nSPS) is 11.2. The van der Waals surface area contributed by atoms with Crippen molar-refractivity contribution in [2.75, 3.05) is 7.11 Å². The summed E-state index contributed by atoms with van der Waals surface area (Å²) < 4.78 is 43.6. The van der Waals surface area contributed by atoms with Crippen LogP contribution in [0.15, 0.2) is 42.5 Å². The van der Waals surface area contributed by atoms with Gasteiger partial charge in [0.1, 0.15) is 5.75 Å². The van der Waals surface area contributed by atoms with Crippen molar-refractivity contribution in [2.24, 2.45) is 0 Å². The molecule has 0 aromatic heterocycles. The van der Waals surface area contributed by atoms with E-state index in [0.717, 1.165) is 13.2 Å². The van der Waals surface area contributed by atoms with Crippen molar-refractivity contribution in [2.45, 2.75) is 6.18 Å². The Labute approximate surface area is 118 Å². The number of aromatic carboxylic acids is 1. The van der Waals surface area contributed by atoms with E-state index >= 15 is 0 Å². The Hall–Kier alpha value is -2.50. The van der Waals surface area contributed by atoms with Gasteiger partial charge in [0.05, 0.1) is 18.2 Å². The smallest absolute Gasteiger partial charge is 0.419 e. The zero-order valence-electron chi connectivity index (χ0n) is 10.9. The van der Waals surface area contributed by atoms with Crippen LogP contribution in [0.3, 0.4) is 0 Å². The van der Waals surface area contributed by atoms with Gasteiger partial charge in [0.25, 0.3) is 0 Å². The molecular formula is C15H11F3O3. The third-order valence-corrected chi connectivity index (χ3v) is 2.95. The summed E-state index contributed by atoms with van der Waals surface area (Å²) in [6, 6.07) is 9.34. The summed E-state index contributed by atoms with van der Waals surface area (Å²) in [5.41, 5.74) is -0.227. The van der Waals surface area contributed by atoms with Crippen molar-refractivity contribution < 1.29 is 27.8 Å². The van der Waals surface area contributed by atoms with Gasteiger partial charge in [-0.2, -0.15) is 13.2 Å². The highest BCUT2D eigenvalue weighted by Gasteiger charge is 2.34. The van der Waals surface area contributed by atoms with Crippen molar-refractivity contribution in [1.82, 2.24) is 0 Å². The molecular weight excluding hydrogens is 285 g/mol. The molecule has 110 valence electrons. The Morgan fingerprint density at radius 1 is 1.10 bits per heavy atom. The van der Waals surface area contributed by atoms with E-state index in [1.165, 1.54) is 30.3 Å². The first kappa shape index (κ1) is 14.9. The molecule has 0 bridgehead atoms. The van der Waals surface area contributed by atoms with E-state index in [2.05, 4.69) is 0 Å². The number of alkyl halides is 3. The van der Waals surface area contributed by atoms with Crippen LogP contribution in [0.1, 0.15) is 15.9 Å². The summed E-state index contributed by atoms with van der Waals surface area (Å²) in [6.07, 6.45) is -4.55. The number of benzene rings is 2. The first-order valence-electron chi connectivity index (χ1n) is 5.92. The van der Waals surface area contributed by atoms with Gasteiger partial charge in [0, 0.05) is 0 Å². The minimum Gasteiger partial charge on any atom is -0.496 e. The first-order valence-corrected chi connectivity index (χ1v) is 5.92. The Morgan fingerprint density at radius 3 is 2.33 bits per heavy atom.